The third-order valence-electron chi connectivity index (χ3n) is 3.48. The van der Waals surface area contributed by atoms with Crippen molar-refractivity contribution in [2.24, 2.45) is 0 Å². The maximum absolute atomic E-state index is 7.97. The molecule has 0 amide bonds. The van der Waals surface area contributed by atoms with Gasteiger partial charge in [0.15, 0.2) is 16.3 Å². The molecular weight excluding hydrogens is 330 g/mol. The molecule has 0 radical (unpaired) electrons. The number of halogens is 1. The van der Waals surface area contributed by atoms with Crippen molar-refractivity contribution in [2.75, 3.05) is 0 Å². The summed E-state index contributed by atoms with van der Waals surface area (Å²) >= 11 is 7.62. The highest BCUT2D eigenvalue weighted by Crippen LogP contribution is 2.29. The molecule has 2 N–H and O–H groups in total. The summed E-state index contributed by atoms with van der Waals surface area (Å²) in [4.78, 5) is 13.0. The second kappa shape index (κ2) is 6.76. The highest BCUT2D eigenvalue weighted by Gasteiger charge is 2.10. The number of rotatable bonds is 5. The monoisotopic (exact) mass is 347 g/mol. The smallest absolute Gasteiger partial charge is 0.173 e. The number of H-pyrrole nitrogens is 1. The molecule has 2 heterocycles. The molecule has 5 nitrogen and oxygen atoms in total. The Balaban J connectivity index is 1.98. The summed E-state index contributed by atoms with van der Waals surface area (Å²) in [5.41, 5.74) is 2.77. The van der Waals surface area contributed by atoms with E-state index < -0.39 is 0 Å². The largest absolute Gasteiger partial charge is 0.328 e. The summed E-state index contributed by atoms with van der Waals surface area (Å²) in [6.07, 6.45) is 3.85. The van der Waals surface area contributed by atoms with Gasteiger partial charge in [0.1, 0.15) is 5.52 Å². The van der Waals surface area contributed by atoms with Gasteiger partial charge in [-0.15, -0.1) is 0 Å². The molecule has 0 aliphatic carbocycles. The number of hydrogen-bond donors (Lipinski definition) is 2. The number of nitrogens with one attached hydrogen (secondary N) is 2. The van der Waals surface area contributed by atoms with E-state index in [1.165, 1.54) is 11.8 Å². The van der Waals surface area contributed by atoms with E-state index in [4.69, 9.17) is 17.0 Å². The molecule has 0 bridgehead atoms. The molecule has 0 spiro atoms. The van der Waals surface area contributed by atoms with Crippen molar-refractivity contribution in [1.82, 2.24) is 19.5 Å². The average Bonchev–Trinajstić information content (AvgIpc) is 2.90. The fourth-order valence-corrected chi connectivity index (χ4v) is 3.67. The predicted octanol–water partition coefficient (Wildman–Crippen LogP) is 4.15. The first kappa shape index (κ1) is 16.1. The molecule has 3 rings (SSSR count). The number of hydrogen-bond acceptors (Lipinski definition) is 4. The van der Waals surface area contributed by atoms with Crippen LogP contribution in [0.3, 0.4) is 0 Å². The SMILES string of the molecule is CCCCn1cnc(=N)c2[nH]c(Sc3cc(C)cc(Cl)c3)nc21. The number of aryl methyl sites for hydroxylation is 2. The lowest BCUT2D eigenvalue weighted by Crippen LogP contribution is -2.12. The molecule has 0 unspecified atom stereocenters. The highest BCUT2D eigenvalue weighted by molar-refractivity contribution is 7.99. The lowest BCUT2D eigenvalue weighted by molar-refractivity contribution is 0.631. The van der Waals surface area contributed by atoms with E-state index in [-0.39, 0.29) is 5.49 Å². The van der Waals surface area contributed by atoms with Gasteiger partial charge < -0.3 is 9.55 Å². The van der Waals surface area contributed by atoms with Crippen molar-refractivity contribution in [3.8, 4) is 0 Å². The molecule has 0 saturated carbocycles. The Morgan fingerprint density at radius 3 is 2.91 bits per heavy atom. The van der Waals surface area contributed by atoms with Gasteiger partial charge in [0.2, 0.25) is 0 Å². The Bertz CT molecular complexity index is 879. The van der Waals surface area contributed by atoms with Crippen molar-refractivity contribution < 1.29 is 0 Å². The molecule has 0 fully saturated rings. The number of imidazole rings is 1. The van der Waals surface area contributed by atoms with Gasteiger partial charge in [-0.3, -0.25) is 5.41 Å². The van der Waals surface area contributed by atoms with Gasteiger partial charge in [-0.05, 0) is 37.1 Å². The Morgan fingerprint density at radius 2 is 2.17 bits per heavy atom. The third kappa shape index (κ3) is 3.59. The quantitative estimate of drug-likeness (QED) is 0.728. The van der Waals surface area contributed by atoms with Crippen molar-refractivity contribution in [2.45, 2.75) is 43.3 Å². The Hall–Kier alpha value is -1.79. The van der Waals surface area contributed by atoms with Gasteiger partial charge in [0, 0.05) is 16.5 Å². The van der Waals surface area contributed by atoms with E-state index in [2.05, 4.69) is 27.9 Å². The van der Waals surface area contributed by atoms with Gasteiger partial charge in [-0.1, -0.05) is 36.7 Å². The Labute approximate surface area is 143 Å². The van der Waals surface area contributed by atoms with Gasteiger partial charge in [-0.25, -0.2) is 9.97 Å². The molecule has 120 valence electrons. The summed E-state index contributed by atoms with van der Waals surface area (Å²) in [5, 5.41) is 9.43. The van der Waals surface area contributed by atoms with Crippen LogP contribution >= 0.6 is 23.4 Å². The first-order valence-corrected chi connectivity index (χ1v) is 8.71. The molecule has 0 aliphatic rings. The number of unbranched alkanes of at least 4 members (excludes halogenated alkanes) is 1. The number of benzene rings is 1. The Kier molecular flexibility index (Phi) is 4.73. The van der Waals surface area contributed by atoms with Crippen LogP contribution in [-0.4, -0.2) is 19.5 Å². The molecule has 23 heavy (non-hydrogen) atoms. The average molecular weight is 348 g/mol. The normalized spacial score (nSPS) is 11.3. The van der Waals surface area contributed by atoms with E-state index in [9.17, 15) is 0 Å². The second-order valence-electron chi connectivity index (χ2n) is 5.45. The first-order valence-electron chi connectivity index (χ1n) is 7.51. The number of aromatic amines is 1. The standard InChI is InChI=1S/C16H18ClN5S/c1-3-4-5-22-9-19-14(18)13-15(22)21-16(20-13)23-12-7-10(2)6-11(17)8-12/h6-9,18H,3-5H2,1-2H3,(H,20,21). The minimum Gasteiger partial charge on any atom is -0.328 e. The van der Waals surface area contributed by atoms with Crippen LogP contribution in [-0.2, 0) is 6.54 Å². The topological polar surface area (TPSA) is 70.3 Å². The van der Waals surface area contributed by atoms with Crippen molar-refractivity contribution >= 4 is 34.5 Å². The van der Waals surface area contributed by atoms with E-state index in [1.54, 1.807) is 6.33 Å². The lowest BCUT2D eigenvalue weighted by atomic mass is 10.2. The van der Waals surface area contributed by atoms with E-state index >= 15 is 0 Å². The van der Waals surface area contributed by atoms with Crippen LogP contribution in [0.4, 0.5) is 0 Å². The molecule has 1 aromatic carbocycles. The zero-order chi connectivity index (χ0) is 16.4. The number of nitrogens with zero attached hydrogens (tertiary/aromatic N) is 3. The zero-order valence-electron chi connectivity index (χ0n) is 13.1. The van der Waals surface area contributed by atoms with Crippen molar-refractivity contribution in [3.63, 3.8) is 0 Å². The molecule has 0 saturated heterocycles. The molecule has 0 atom stereocenters. The van der Waals surface area contributed by atoms with Gasteiger partial charge in [0.05, 0.1) is 6.33 Å². The number of aromatic nitrogens is 4. The molecule has 0 aliphatic heterocycles. The predicted molar refractivity (Wildman–Crippen MR) is 93.0 cm³/mol. The van der Waals surface area contributed by atoms with Crippen LogP contribution in [0.5, 0.6) is 0 Å². The van der Waals surface area contributed by atoms with Crippen LogP contribution in [0, 0.1) is 12.3 Å². The van der Waals surface area contributed by atoms with Crippen LogP contribution < -0.4 is 5.49 Å². The van der Waals surface area contributed by atoms with Gasteiger partial charge in [-0.2, -0.15) is 0 Å². The fourth-order valence-electron chi connectivity index (χ4n) is 2.38. The van der Waals surface area contributed by atoms with E-state index in [0.29, 0.717) is 10.5 Å². The molecular formula is C16H18ClN5S. The zero-order valence-corrected chi connectivity index (χ0v) is 14.6. The third-order valence-corrected chi connectivity index (χ3v) is 4.56. The van der Waals surface area contributed by atoms with Crippen molar-refractivity contribution in [1.29, 1.82) is 5.41 Å². The second-order valence-corrected chi connectivity index (χ2v) is 6.95. The molecule has 7 heteroatoms. The minimum absolute atomic E-state index is 0.217. The molecule has 3 aromatic rings. The van der Waals surface area contributed by atoms with E-state index in [0.717, 1.165) is 40.6 Å². The Morgan fingerprint density at radius 1 is 1.35 bits per heavy atom. The van der Waals surface area contributed by atoms with Crippen LogP contribution in [0.1, 0.15) is 25.3 Å². The summed E-state index contributed by atoms with van der Waals surface area (Å²) in [5.74, 6) is 0. The summed E-state index contributed by atoms with van der Waals surface area (Å²) in [6, 6.07) is 5.90. The first-order chi connectivity index (χ1) is 11.1. The van der Waals surface area contributed by atoms with Crippen LogP contribution in [0.2, 0.25) is 5.02 Å². The maximum atomic E-state index is 7.97. The van der Waals surface area contributed by atoms with Crippen LogP contribution in [0.15, 0.2) is 34.6 Å². The summed E-state index contributed by atoms with van der Waals surface area (Å²) in [7, 11) is 0. The number of fused-ring (bicyclic) bond motifs is 1. The van der Waals surface area contributed by atoms with Crippen LogP contribution in [0.25, 0.3) is 11.2 Å². The highest BCUT2D eigenvalue weighted by atomic mass is 35.5. The molecule has 2 aromatic heterocycles. The maximum Gasteiger partial charge on any atom is 0.173 e. The van der Waals surface area contributed by atoms with Gasteiger partial charge in [0.25, 0.3) is 0 Å². The lowest BCUT2D eigenvalue weighted by Gasteiger charge is -2.04. The summed E-state index contributed by atoms with van der Waals surface area (Å²) in [6.45, 7) is 5.02. The van der Waals surface area contributed by atoms with Crippen molar-refractivity contribution in [3.05, 3.63) is 40.6 Å². The van der Waals surface area contributed by atoms with E-state index in [1.807, 2.05) is 23.6 Å². The fraction of sp³-hybridized carbons (Fsp3) is 0.312. The summed E-state index contributed by atoms with van der Waals surface area (Å²) < 4.78 is 2.00. The van der Waals surface area contributed by atoms with Gasteiger partial charge >= 0.3 is 0 Å². The minimum atomic E-state index is 0.217.